The first kappa shape index (κ1) is 14.6. The first-order valence-corrected chi connectivity index (χ1v) is 7.57. The van der Waals surface area contributed by atoms with Gasteiger partial charge in [-0.1, -0.05) is 18.2 Å². The van der Waals surface area contributed by atoms with E-state index < -0.39 is 11.9 Å². The van der Waals surface area contributed by atoms with Crippen molar-refractivity contribution >= 4 is 22.8 Å². The molecule has 116 valence electrons. The van der Waals surface area contributed by atoms with Crippen molar-refractivity contribution in [2.24, 2.45) is 0 Å². The fourth-order valence-electron chi connectivity index (χ4n) is 3.13. The molecule has 1 aromatic heterocycles. The molecule has 1 aliphatic rings. The van der Waals surface area contributed by atoms with Crippen molar-refractivity contribution in [3.8, 4) is 0 Å². The molecule has 2 unspecified atom stereocenters. The third-order valence-electron chi connectivity index (χ3n) is 4.31. The van der Waals surface area contributed by atoms with Gasteiger partial charge in [0, 0.05) is 18.0 Å². The Morgan fingerprint density at radius 1 is 1.41 bits per heavy atom. The number of para-hydroxylation sites is 1. The highest BCUT2D eigenvalue weighted by Gasteiger charge is 2.34. The molecule has 3 rings (SSSR count). The third-order valence-corrected chi connectivity index (χ3v) is 4.31. The monoisotopic (exact) mass is 301 g/mol. The summed E-state index contributed by atoms with van der Waals surface area (Å²) in [7, 11) is 0. The molecule has 0 spiro atoms. The van der Waals surface area contributed by atoms with E-state index in [0.717, 1.165) is 23.8 Å². The van der Waals surface area contributed by atoms with Gasteiger partial charge in [0.15, 0.2) is 0 Å². The van der Waals surface area contributed by atoms with Crippen LogP contribution >= 0.6 is 0 Å². The third kappa shape index (κ3) is 2.71. The molecule has 5 nitrogen and oxygen atoms in total. The lowest BCUT2D eigenvalue weighted by molar-refractivity contribution is -0.140. The lowest BCUT2D eigenvalue weighted by Gasteiger charge is -2.25. The van der Waals surface area contributed by atoms with Crippen LogP contribution in [0.3, 0.4) is 0 Å². The van der Waals surface area contributed by atoms with Crippen molar-refractivity contribution in [2.75, 3.05) is 6.54 Å². The first-order chi connectivity index (χ1) is 10.6. The van der Waals surface area contributed by atoms with E-state index in [-0.39, 0.29) is 18.4 Å². The summed E-state index contributed by atoms with van der Waals surface area (Å²) in [6.07, 6.45) is 1.63. The molecule has 2 heterocycles. The number of hydrogen-bond acceptors (Lipinski definition) is 3. The molecule has 1 aromatic carbocycles. The lowest BCUT2D eigenvalue weighted by atomic mass is 10.1. The average Bonchev–Trinajstić information content (AvgIpc) is 3.11. The number of furan rings is 1. The number of carbonyl (C=O) groups excluding carboxylic acids is 1. The first-order valence-electron chi connectivity index (χ1n) is 7.57. The van der Waals surface area contributed by atoms with Crippen molar-refractivity contribution in [1.29, 1.82) is 0 Å². The highest BCUT2D eigenvalue weighted by Crippen LogP contribution is 2.29. The van der Waals surface area contributed by atoms with E-state index in [2.05, 4.69) is 0 Å². The Bertz CT molecular complexity index is 673. The highest BCUT2D eigenvalue weighted by molar-refractivity contribution is 5.86. The van der Waals surface area contributed by atoms with Gasteiger partial charge in [-0.2, -0.15) is 0 Å². The second-order valence-electron chi connectivity index (χ2n) is 5.83. The lowest BCUT2D eigenvalue weighted by Crippen LogP contribution is -2.39. The number of likely N-dealkylation sites (tertiary alicyclic amines) is 1. The molecule has 1 N–H and O–H groups in total. The normalized spacial score (nSPS) is 19.5. The van der Waals surface area contributed by atoms with Crippen molar-refractivity contribution in [3.05, 3.63) is 36.1 Å². The maximum Gasteiger partial charge on any atom is 0.305 e. The fourth-order valence-corrected chi connectivity index (χ4v) is 3.13. The molecule has 5 heteroatoms. The van der Waals surface area contributed by atoms with Crippen LogP contribution in [0.5, 0.6) is 0 Å². The molecular weight excluding hydrogens is 282 g/mol. The molecule has 0 radical (unpaired) electrons. The van der Waals surface area contributed by atoms with Gasteiger partial charge in [0.1, 0.15) is 11.3 Å². The minimum absolute atomic E-state index is 0.0125. The molecule has 22 heavy (non-hydrogen) atoms. The van der Waals surface area contributed by atoms with Crippen molar-refractivity contribution in [1.82, 2.24) is 4.90 Å². The van der Waals surface area contributed by atoms with E-state index in [9.17, 15) is 9.59 Å². The van der Waals surface area contributed by atoms with Crippen LogP contribution in [-0.2, 0) is 9.59 Å². The maximum atomic E-state index is 12.7. The van der Waals surface area contributed by atoms with E-state index in [4.69, 9.17) is 9.52 Å². The number of amides is 1. The average molecular weight is 301 g/mol. The second kappa shape index (κ2) is 5.83. The van der Waals surface area contributed by atoms with Crippen LogP contribution in [0.2, 0.25) is 0 Å². The quantitative estimate of drug-likeness (QED) is 0.942. The Balaban J connectivity index is 1.80. The van der Waals surface area contributed by atoms with E-state index in [1.165, 1.54) is 0 Å². The largest absolute Gasteiger partial charge is 0.481 e. The number of rotatable bonds is 4. The minimum atomic E-state index is -0.860. The number of carboxylic acids is 1. The molecule has 2 atom stereocenters. The fraction of sp³-hybridized carbons (Fsp3) is 0.412. The highest BCUT2D eigenvalue weighted by atomic mass is 16.4. The summed E-state index contributed by atoms with van der Waals surface area (Å²) in [5.74, 6) is -0.683. The Morgan fingerprint density at radius 3 is 2.91 bits per heavy atom. The maximum absolute atomic E-state index is 12.7. The van der Waals surface area contributed by atoms with Gasteiger partial charge >= 0.3 is 5.97 Å². The zero-order chi connectivity index (χ0) is 15.7. The number of nitrogens with zero attached hydrogens (tertiary/aromatic N) is 1. The second-order valence-corrected chi connectivity index (χ2v) is 5.83. The molecular formula is C17H19NO4. The summed E-state index contributed by atoms with van der Waals surface area (Å²) in [5, 5.41) is 9.94. The van der Waals surface area contributed by atoms with Gasteiger partial charge in [0.05, 0.1) is 12.3 Å². The van der Waals surface area contributed by atoms with Gasteiger partial charge in [-0.05, 0) is 31.9 Å². The smallest absolute Gasteiger partial charge is 0.305 e. The summed E-state index contributed by atoms with van der Waals surface area (Å²) >= 11 is 0. The van der Waals surface area contributed by atoms with Gasteiger partial charge in [-0.3, -0.25) is 9.59 Å². The number of aliphatic carboxylic acids is 1. The van der Waals surface area contributed by atoms with Gasteiger partial charge in [-0.15, -0.1) is 0 Å². The number of carbonyl (C=O) groups is 2. The van der Waals surface area contributed by atoms with Crippen LogP contribution in [0, 0.1) is 0 Å². The van der Waals surface area contributed by atoms with Crippen molar-refractivity contribution in [2.45, 2.75) is 38.1 Å². The van der Waals surface area contributed by atoms with Crippen LogP contribution in [0.25, 0.3) is 11.0 Å². The van der Waals surface area contributed by atoms with Crippen LogP contribution in [0.1, 0.15) is 37.9 Å². The number of carboxylic acid groups (broad SMARTS) is 1. The molecule has 1 aliphatic heterocycles. The van der Waals surface area contributed by atoms with Gasteiger partial charge in [0.25, 0.3) is 0 Å². The Kier molecular flexibility index (Phi) is 3.88. The van der Waals surface area contributed by atoms with Crippen LogP contribution in [0.4, 0.5) is 0 Å². The van der Waals surface area contributed by atoms with Crippen molar-refractivity contribution in [3.63, 3.8) is 0 Å². The predicted octanol–water partition coefficient (Wildman–Crippen LogP) is 3.00. The SMILES string of the molecule is CC(C(=O)N1CCCC1CC(=O)O)c1cc2ccccc2o1. The summed E-state index contributed by atoms with van der Waals surface area (Å²) in [4.78, 5) is 25.3. The van der Waals surface area contributed by atoms with E-state index in [1.807, 2.05) is 37.3 Å². The predicted molar refractivity (Wildman–Crippen MR) is 81.6 cm³/mol. The molecule has 1 fully saturated rings. The van der Waals surface area contributed by atoms with Crippen LogP contribution in [0.15, 0.2) is 34.7 Å². The topological polar surface area (TPSA) is 70.8 Å². The molecule has 0 saturated carbocycles. The molecule has 1 amide bonds. The Labute approximate surface area is 128 Å². The Hall–Kier alpha value is -2.30. The zero-order valence-corrected chi connectivity index (χ0v) is 12.5. The van der Waals surface area contributed by atoms with Crippen LogP contribution in [-0.4, -0.2) is 34.5 Å². The summed E-state index contributed by atoms with van der Waals surface area (Å²) < 4.78 is 5.76. The summed E-state index contributed by atoms with van der Waals surface area (Å²) in [5.41, 5.74) is 0.764. The van der Waals surface area contributed by atoms with E-state index in [0.29, 0.717) is 12.3 Å². The van der Waals surface area contributed by atoms with Gasteiger partial charge < -0.3 is 14.4 Å². The molecule has 0 bridgehead atoms. The Morgan fingerprint density at radius 2 is 2.18 bits per heavy atom. The van der Waals surface area contributed by atoms with E-state index in [1.54, 1.807) is 4.90 Å². The molecule has 1 saturated heterocycles. The van der Waals surface area contributed by atoms with E-state index >= 15 is 0 Å². The number of benzene rings is 1. The van der Waals surface area contributed by atoms with Gasteiger partial charge in [0.2, 0.25) is 5.91 Å². The molecule has 2 aromatic rings. The van der Waals surface area contributed by atoms with Gasteiger partial charge in [-0.25, -0.2) is 0 Å². The van der Waals surface area contributed by atoms with Crippen molar-refractivity contribution < 1.29 is 19.1 Å². The summed E-state index contributed by atoms with van der Waals surface area (Å²) in [6, 6.07) is 9.34. The standard InChI is InChI=1S/C17H19NO4/c1-11(15-9-12-5-2-3-7-14(12)22-15)17(21)18-8-4-6-13(18)10-16(19)20/h2-3,5,7,9,11,13H,4,6,8,10H2,1H3,(H,19,20). The number of fused-ring (bicyclic) bond motifs is 1. The number of hydrogen-bond donors (Lipinski definition) is 1. The zero-order valence-electron chi connectivity index (χ0n) is 12.5. The minimum Gasteiger partial charge on any atom is -0.481 e. The molecule has 0 aliphatic carbocycles. The van der Waals surface area contributed by atoms with Crippen LogP contribution < -0.4 is 0 Å². The summed E-state index contributed by atoms with van der Waals surface area (Å²) in [6.45, 7) is 2.44.